The van der Waals surface area contributed by atoms with Crippen molar-refractivity contribution in [3.8, 4) is 17.0 Å². The summed E-state index contributed by atoms with van der Waals surface area (Å²) in [6, 6.07) is 6.27. The number of aromatic amines is 1. The highest BCUT2D eigenvalue weighted by molar-refractivity contribution is 5.70. The second kappa shape index (κ2) is 5.29. The van der Waals surface area contributed by atoms with Gasteiger partial charge in [0.05, 0.1) is 19.3 Å². The van der Waals surface area contributed by atoms with E-state index < -0.39 is 0 Å². The number of aromatic nitrogens is 2. The molecule has 0 aliphatic carbocycles. The van der Waals surface area contributed by atoms with Crippen molar-refractivity contribution >= 4 is 0 Å². The van der Waals surface area contributed by atoms with E-state index in [0.717, 1.165) is 28.5 Å². The predicted octanol–water partition coefficient (Wildman–Crippen LogP) is 3.15. The first-order valence-corrected chi connectivity index (χ1v) is 6.81. The summed E-state index contributed by atoms with van der Waals surface area (Å²) in [7, 11) is 1.68. The van der Waals surface area contributed by atoms with E-state index in [1.807, 2.05) is 13.0 Å². The summed E-state index contributed by atoms with van der Waals surface area (Å²) in [6.45, 7) is 9.00. The molecule has 1 aromatic carbocycles. The molecule has 0 aliphatic heterocycles. The maximum absolute atomic E-state index is 5.65. The number of nitrogens with one attached hydrogen (secondary N) is 1. The van der Waals surface area contributed by atoms with Crippen molar-refractivity contribution in [3.63, 3.8) is 0 Å². The number of hydrogen-bond acceptors (Lipinski definition) is 3. The summed E-state index contributed by atoms with van der Waals surface area (Å²) in [5.74, 6) is 1.62. The van der Waals surface area contributed by atoms with Gasteiger partial charge in [-0.1, -0.05) is 26.8 Å². The first-order chi connectivity index (χ1) is 9.36. The van der Waals surface area contributed by atoms with Crippen LogP contribution in [0.3, 0.4) is 0 Å². The van der Waals surface area contributed by atoms with Gasteiger partial charge < -0.3 is 15.5 Å². The van der Waals surface area contributed by atoms with Gasteiger partial charge in [0.25, 0.3) is 0 Å². The quantitative estimate of drug-likeness (QED) is 0.903. The second-order valence-electron chi connectivity index (χ2n) is 6.03. The highest BCUT2D eigenvalue weighted by atomic mass is 16.5. The lowest BCUT2D eigenvalue weighted by molar-refractivity contribution is 0.415. The molecule has 0 saturated carbocycles. The van der Waals surface area contributed by atoms with Crippen molar-refractivity contribution in [1.82, 2.24) is 9.97 Å². The molecular formula is C16H23N3O. The molecule has 0 atom stereocenters. The fraction of sp³-hybridized carbons (Fsp3) is 0.438. The fourth-order valence-electron chi connectivity index (χ4n) is 2.24. The summed E-state index contributed by atoms with van der Waals surface area (Å²) in [4.78, 5) is 7.78. The number of hydrogen-bond donors (Lipinski definition) is 2. The first kappa shape index (κ1) is 14.6. The Hall–Kier alpha value is -1.81. The van der Waals surface area contributed by atoms with Crippen LogP contribution in [0.1, 0.15) is 37.9 Å². The Kier molecular flexibility index (Phi) is 3.86. The Labute approximate surface area is 120 Å². The van der Waals surface area contributed by atoms with Crippen LogP contribution in [-0.4, -0.2) is 17.1 Å². The van der Waals surface area contributed by atoms with Gasteiger partial charge in [-0.3, -0.25) is 0 Å². The van der Waals surface area contributed by atoms with E-state index in [1.165, 1.54) is 5.56 Å². The number of nitrogens with two attached hydrogens (primary N) is 1. The van der Waals surface area contributed by atoms with Crippen LogP contribution < -0.4 is 10.5 Å². The van der Waals surface area contributed by atoms with Crippen molar-refractivity contribution in [3.05, 3.63) is 35.3 Å². The molecule has 0 fully saturated rings. The molecule has 0 amide bonds. The summed E-state index contributed by atoms with van der Waals surface area (Å²) in [6.07, 6.45) is 0. The van der Waals surface area contributed by atoms with Crippen LogP contribution in [0, 0.1) is 6.92 Å². The zero-order chi connectivity index (χ0) is 14.9. The van der Waals surface area contributed by atoms with Gasteiger partial charge in [0.15, 0.2) is 0 Å². The maximum Gasteiger partial charge on any atom is 0.128 e. The van der Waals surface area contributed by atoms with Crippen molar-refractivity contribution in [2.24, 2.45) is 5.73 Å². The zero-order valence-electron chi connectivity index (χ0n) is 12.9. The molecule has 0 unspecified atom stereocenters. The highest BCUT2D eigenvalue weighted by Gasteiger charge is 2.19. The Morgan fingerprint density at radius 2 is 2.00 bits per heavy atom. The van der Waals surface area contributed by atoms with Gasteiger partial charge in [0.2, 0.25) is 0 Å². The lowest BCUT2D eigenvalue weighted by atomic mass is 9.85. The molecule has 20 heavy (non-hydrogen) atoms. The summed E-state index contributed by atoms with van der Waals surface area (Å²) in [5.41, 5.74) is 9.92. The maximum atomic E-state index is 5.65. The van der Waals surface area contributed by atoms with Gasteiger partial charge in [0, 0.05) is 11.3 Å². The molecule has 1 heterocycles. The van der Waals surface area contributed by atoms with Crippen LogP contribution in [0.15, 0.2) is 18.2 Å². The minimum absolute atomic E-state index is 0.0852. The minimum atomic E-state index is 0.0852. The molecule has 0 aliphatic rings. The smallest absolute Gasteiger partial charge is 0.128 e. The van der Waals surface area contributed by atoms with Crippen LogP contribution in [-0.2, 0) is 12.0 Å². The van der Waals surface area contributed by atoms with E-state index in [4.69, 9.17) is 10.5 Å². The molecule has 0 radical (unpaired) electrons. The number of ether oxygens (including phenoxy) is 1. The Morgan fingerprint density at radius 1 is 1.30 bits per heavy atom. The third kappa shape index (κ3) is 2.70. The van der Waals surface area contributed by atoms with Gasteiger partial charge in [-0.2, -0.15) is 0 Å². The van der Waals surface area contributed by atoms with Crippen molar-refractivity contribution in [1.29, 1.82) is 0 Å². The number of imidazole rings is 1. The van der Waals surface area contributed by atoms with Crippen LogP contribution in [0.2, 0.25) is 0 Å². The number of H-pyrrole nitrogens is 1. The number of nitrogens with zero attached hydrogens (tertiary/aromatic N) is 1. The number of rotatable bonds is 3. The molecule has 2 aromatic rings. The molecule has 4 nitrogen and oxygen atoms in total. The normalized spacial score (nSPS) is 11.7. The van der Waals surface area contributed by atoms with Crippen molar-refractivity contribution < 1.29 is 4.74 Å². The molecule has 3 N–H and O–H groups in total. The molecule has 2 rings (SSSR count). The molecule has 0 spiro atoms. The van der Waals surface area contributed by atoms with Crippen LogP contribution in [0.4, 0.5) is 0 Å². The average molecular weight is 273 g/mol. The average Bonchev–Trinajstić information content (AvgIpc) is 2.78. The van der Waals surface area contributed by atoms with E-state index in [1.54, 1.807) is 7.11 Å². The Balaban J connectivity index is 2.61. The topological polar surface area (TPSA) is 63.9 Å². The van der Waals surface area contributed by atoms with Crippen molar-refractivity contribution in [2.75, 3.05) is 7.11 Å². The van der Waals surface area contributed by atoms with Crippen LogP contribution >= 0.6 is 0 Å². The van der Waals surface area contributed by atoms with Gasteiger partial charge >= 0.3 is 0 Å². The van der Waals surface area contributed by atoms with Crippen LogP contribution in [0.25, 0.3) is 11.3 Å². The fourth-order valence-corrected chi connectivity index (χ4v) is 2.24. The SMILES string of the molecule is COc1ccc(C(C)(C)C)cc1-c1nc(CN)[nH]c1C. The summed E-state index contributed by atoms with van der Waals surface area (Å²) >= 11 is 0. The molecule has 1 aromatic heterocycles. The van der Waals surface area contributed by atoms with Gasteiger partial charge in [-0.15, -0.1) is 0 Å². The number of benzene rings is 1. The number of methoxy groups -OCH3 is 1. The third-order valence-electron chi connectivity index (χ3n) is 3.45. The molecule has 4 heteroatoms. The monoisotopic (exact) mass is 273 g/mol. The number of aryl methyl sites for hydroxylation is 1. The lowest BCUT2D eigenvalue weighted by Gasteiger charge is -2.20. The first-order valence-electron chi connectivity index (χ1n) is 6.81. The standard InChI is InChI=1S/C16H23N3O/c1-10-15(19-14(9-17)18-10)12-8-11(16(2,3)4)6-7-13(12)20-5/h6-8H,9,17H2,1-5H3,(H,18,19). The van der Waals surface area contributed by atoms with Gasteiger partial charge in [0.1, 0.15) is 11.6 Å². The van der Waals surface area contributed by atoms with E-state index in [0.29, 0.717) is 6.54 Å². The minimum Gasteiger partial charge on any atom is -0.496 e. The molecular weight excluding hydrogens is 250 g/mol. The van der Waals surface area contributed by atoms with Crippen LogP contribution in [0.5, 0.6) is 5.75 Å². The second-order valence-corrected chi connectivity index (χ2v) is 6.03. The van der Waals surface area contributed by atoms with E-state index in [-0.39, 0.29) is 5.41 Å². The van der Waals surface area contributed by atoms with E-state index in [2.05, 4.69) is 42.9 Å². The van der Waals surface area contributed by atoms with Gasteiger partial charge in [-0.05, 0) is 30.0 Å². The summed E-state index contributed by atoms with van der Waals surface area (Å²) < 4.78 is 5.48. The highest BCUT2D eigenvalue weighted by Crippen LogP contribution is 2.35. The van der Waals surface area contributed by atoms with Crippen molar-refractivity contribution in [2.45, 2.75) is 39.7 Å². The van der Waals surface area contributed by atoms with E-state index in [9.17, 15) is 0 Å². The Bertz CT molecular complexity index is 609. The lowest BCUT2D eigenvalue weighted by Crippen LogP contribution is -2.11. The zero-order valence-corrected chi connectivity index (χ0v) is 12.9. The molecule has 0 saturated heterocycles. The predicted molar refractivity (Wildman–Crippen MR) is 81.9 cm³/mol. The molecule has 0 bridgehead atoms. The van der Waals surface area contributed by atoms with Gasteiger partial charge in [-0.25, -0.2) is 4.98 Å². The largest absolute Gasteiger partial charge is 0.496 e. The Morgan fingerprint density at radius 3 is 2.50 bits per heavy atom. The third-order valence-corrected chi connectivity index (χ3v) is 3.45. The molecule has 108 valence electrons. The van der Waals surface area contributed by atoms with E-state index >= 15 is 0 Å². The summed E-state index contributed by atoms with van der Waals surface area (Å²) in [5, 5.41) is 0.